The van der Waals surface area contributed by atoms with Crippen molar-refractivity contribution in [3.63, 3.8) is 0 Å². The van der Waals surface area contributed by atoms with Crippen molar-refractivity contribution in [2.24, 2.45) is 0 Å². The Labute approximate surface area is 132 Å². The zero-order valence-corrected chi connectivity index (χ0v) is 12.3. The van der Waals surface area contributed by atoms with E-state index in [9.17, 15) is 18.0 Å². The van der Waals surface area contributed by atoms with Gasteiger partial charge >= 0.3 is 0 Å². The second-order valence-electron chi connectivity index (χ2n) is 3.95. The van der Waals surface area contributed by atoms with Crippen LogP contribution < -0.4 is 5.32 Å². The minimum absolute atomic E-state index is 0.0841. The first-order valence-corrected chi connectivity index (χ1v) is 6.53. The van der Waals surface area contributed by atoms with E-state index in [2.05, 4.69) is 5.32 Å². The van der Waals surface area contributed by atoms with E-state index in [-0.39, 0.29) is 20.8 Å². The third-order valence-electron chi connectivity index (χ3n) is 2.50. The van der Waals surface area contributed by atoms with E-state index in [1.54, 1.807) is 0 Å². The fraction of sp³-hybridized carbons (Fsp3) is 0. The molecule has 2 nitrogen and oxygen atoms in total. The lowest BCUT2D eigenvalue weighted by Crippen LogP contribution is -2.13. The van der Waals surface area contributed by atoms with E-state index in [0.717, 1.165) is 0 Å². The van der Waals surface area contributed by atoms with Gasteiger partial charge in [-0.3, -0.25) is 4.79 Å². The molecule has 0 atom stereocenters. The molecule has 0 aromatic heterocycles. The molecule has 2 aromatic rings. The highest BCUT2D eigenvalue weighted by Gasteiger charge is 2.16. The van der Waals surface area contributed by atoms with Crippen LogP contribution in [-0.4, -0.2) is 5.91 Å². The zero-order valence-electron chi connectivity index (χ0n) is 9.99. The Morgan fingerprint density at radius 2 is 1.38 bits per heavy atom. The molecule has 2 rings (SSSR count). The SMILES string of the molecule is O=C(Nc1cc(Cl)c(Cl)cc1Cl)c1cc(F)c(F)c(F)c1. The van der Waals surface area contributed by atoms with Crippen molar-refractivity contribution in [1.29, 1.82) is 0 Å². The standard InChI is InChI=1S/C13H5Cl3F3NO/c14-6-3-8(16)11(4-7(6)15)20-13(21)5-1-9(17)12(19)10(18)2-5/h1-4H,(H,20,21). The molecule has 0 saturated carbocycles. The molecule has 110 valence electrons. The van der Waals surface area contributed by atoms with Crippen LogP contribution >= 0.6 is 34.8 Å². The van der Waals surface area contributed by atoms with Gasteiger partial charge in [0.2, 0.25) is 0 Å². The molecule has 2 aromatic carbocycles. The Hall–Kier alpha value is -1.43. The van der Waals surface area contributed by atoms with Gasteiger partial charge < -0.3 is 5.32 Å². The van der Waals surface area contributed by atoms with Crippen LogP contribution in [0.5, 0.6) is 0 Å². The number of carbonyl (C=O) groups excluding carboxylic acids is 1. The summed E-state index contributed by atoms with van der Waals surface area (Å²) < 4.78 is 39.0. The van der Waals surface area contributed by atoms with Gasteiger partial charge in [-0.15, -0.1) is 0 Å². The molecule has 21 heavy (non-hydrogen) atoms. The molecule has 0 fully saturated rings. The van der Waals surface area contributed by atoms with Gasteiger partial charge in [-0.2, -0.15) is 0 Å². The Morgan fingerprint density at radius 1 is 0.857 bits per heavy atom. The highest BCUT2D eigenvalue weighted by molar-refractivity contribution is 6.44. The maximum Gasteiger partial charge on any atom is 0.255 e. The van der Waals surface area contributed by atoms with Crippen LogP contribution in [0.1, 0.15) is 10.4 Å². The number of anilines is 1. The highest BCUT2D eigenvalue weighted by atomic mass is 35.5. The van der Waals surface area contributed by atoms with E-state index >= 15 is 0 Å². The Balaban J connectivity index is 2.32. The molecule has 0 aliphatic carbocycles. The normalized spacial score (nSPS) is 10.6. The van der Waals surface area contributed by atoms with E-state index in [1.807, 2.05) is 0 Å². The summed E-state index contributed by atoms with van der Waals surface area (Å²) >= 11 is 17.4. The summed E-state index contributed by atoms with van der Waals surface area (Å²) in [7, 11) is 0. The predicted octanol–water partition coefficient (Wildman–Crippen LogP) is 5.32. The van der Waals surface area contributed by atoms with Crippen molar-refractivity contribution >= 4 is 46.4 Å². The van der Waals surface area contributed by atoms with Crippen molar-refractivity contribution < 1.29 is 18.0 Å². The summed E-state index contributed by atoms with van der Waals surface area (Å²) in [6.45, 7) is 0. The fourth-order valence-corrected chi connectivity index (χ4v) is 2.09. The largest absolute Gasteiger partial charge is 0.321 e. The van der Waals surface area contributed by atoms with Gasteiger partial charge in [-0.1, -0.05) is 34.8 Å². The second kappa shape index (κ2) is 6.13. The second-order valence-corrected chi connectivity index (χ2v) is 5.18. The van der Waals surface area contributed by atoms with E-state index in [0.29, 0.717) is 12.1 Å². The van der Waals surface area contributed by atoms with E-state index in [4.69, 9.17) is 34.8 Å². The van der Waals surface area contributed by atoms with E-state index in [1.165, 1.54) is 12.1 Å². The predicted molar refractivity (Wildman–Crippen MR) is 75.7 cm³/mol. The number of nitrogens with one attached hydrogen (secondary N) is 1. The van der Waals surface area contributed by atoms with Crippen LogP contribution in [0.2, 0.25) is 15.1 Å². The maximum atomic E-state index is 13.1. The maximum absolute atomic E-state index is 13.1. The van der Waals surface area contributed by atoms with Crippen molar-refractivity contribution in [1.82, 2.24) is 0 Å². The first kappa shape index (κ1) is 15.9. The molecule has 0 unspecified atom stereocenters. The Kier molecular flexibility index (Phi) is 4.66. The number of hydrogen-bond donors (Lipinski definition) is 1. The van der Waals surface area contributed by atoms with Gasteiger partial charge in [0, 0.05) is 5.56 Å². The number of halogens is 6. The summed E-state index contributed by atoms with van der Waals surface area (Å²) in [6.07, 6.45) is 0. The molecule has 0 radical (unpaired) electrons. The number of carbonyl (C=O) groups is 1. The summed E-state index contributed by atoms with van der Waals surface area (Å²) in [6, 6.07) is 3.71. The van der Waals surface area contributed by atoms with Gasteiger partial charge in [0.1, 0.15) is 0 Å². The quantitative estimate of drug-likeness (QED) is 0.574. The summed E-state index contributed by atoms with van der Waals surface area (Å²) in [5, 5.41) is 2.69. The molecule has 0 aliphatic rings. The molecule has 0 aliphatic heterocycles. The van der Waals surface area contributed by atoms with Crippen LogP contribution in [0.25, 0.3) is 0 Å². The first-order chi connectivity index (χ1) is 9.79. The topological polar surface area (TPSA) is 29.1 Å². The molecule has 0 bridgehead atoms. The molecule has 0 saturated heterocycles. The lowest BCUT2D eigenvalue weighted by Gasteiger charge is -2.09. The average Bonchev–Trinajstić information content (AvgIpc) is 2.41. The Bertz CT molecular complexity index is 714. The molecule has 0 spiro atoms. The monoisotopic (exact) mass is 353 g/mol. The van der Waals surface area contributed by atoms with Crippen molar-refractivity contribution in [3.05, 3.63) is 62.3 Å². The van der Waals surface area contributed by atoms with Crippen LogP contribution in [-0.2, 0) is 0 Å². The van der Waals surface area contributed by atoms with E-state index < -0.39 is 28.9 Å². The van der Waals surface area contributed by atoms with Crippen LogP contribution in [0.15, 0.2) is 24.3 Å². The highest BCUT2D eigenvalue weighted by Crippen LogP contribution is 2.32. The first-order valence-electron chi connectivity index (χ1n) is 5.40. The zero-order chi connectivity index (χ0) is 15.7. The van der Waals surface area contributed by atoms with Crippen LogP contribution in [0.3, 0.4) is 0 Å². The number of benzene rings is 2. The summed E-state index contributed by atoms with van der Waals surface area (Å²) in [5.74, 6) is -5.48. The van der Waals surface area contributed by atoms with Crippen molar-refractivity contribution in [3.8, 4) is 0 Å². The third kappa shape index (κ3) is 3.43. The molecule has 1 amide bonds. The molecule has 0 heterocycles. The molecule has 1 N–H and O–H groups in total. The van der Waals surface area contributed by atoms with Gasteiger partial charge in [-0.25, -0.2) is 13.2 Å². The lowest BCUT2D eigenvalue weighted by molar-refractivity contribution is 0.102. The summed E-state index contributed by atoms with van der Waals surface area (Å²) in [4.78, 5) is 11.9. The van der Waals surface area contributed by atoms with Crippen LogP contribution in [0.4, 0.5) is 18.9 Å². The minimum atomic E-state index is -1.65. The van der Waals surface area contributed by atoms with Gasteiger partial charge in [0.05, 0.1) is 20.8 Å². The van der Waals surface area contributed by atoms with Gasteiger partial charge in [-0.05, 0) is 24.3 Å². The molecular weight excluding hydrogens is 350 g/mol. The number of rotatable bonds is 2. The fourth-order valence-electron chi connectivity index (χ4n) is 1.50. The van der Waals surface area contributed by atoms with Crippen LogP contribution in [0, 0.1) is 17.5 Å². The number of hydrogen-bond acceptors (Lipinski definition) is 1. The Morgan fingerprint density at radius 3 is 1.95 bits per heavy atom. The molecule has 8 heteroatoms. The minimum Gasteiger partial charge on any atom is -0.321 e. The van der Waals surface area contributed by atoms with Crippen molar-refractivity contribution in [2.45, 2.75) is 0 Å². The van der Waals surface area contributed by atoms with Gasteiger partial charge in [0.15, 0.2) is 17.5 Å². The number of amides is 1. The smallest absolute Gasteiger partial charge is 0.255 e. The average molecular weight is 355 g/mol. The van der Waals surface area contributed by atoms with Crippen molar-refractivity contribution in [2.75, 3.05) is 5.32 Å². The summed E-state index contributed by atoms with van der Waals surface area (Å²) in [5.41, 5.74) is -0.310. The third-order valence-corrected chi connectivity index (χ3v) is 3.54. The van der Waals surface area contributed by atoms with Gasteiger partial charge in [0.25, 0.3) is 5.91 Å². The molecular formula is C13H5Cl3F3NO. The lowest BCUT2D eigenvalue weighted by atomic mass is 10.2.